The third-order valence-corrected chi connectivity index (χ3v) is 5.15. The van der Waals surface area contributed by atoms with E-state index in [0.717, 1.165) is 5.56 Å². The van der Waals surface area contributed by atoms with Gasteiger partial charge in [0.1, 0.15) is 12.4 Å². The third kappa shape index (κ3) is 7.22. The Morgan fingerprint density at radius 2 is 1.67 bits per heavy atom. The van der Waals surface area contributed by atoms with Crippen LogP contribution >= 0.6 is 11.6 Å². The molecule has 0 aliphatic carbocycles. The molecule has 0 atom stereocenters. The molecule has 0 bridgehead atoms. The van der Waals surface area contributed by atoms with Crippen molar-refractivity contribution in [3.05, 3.63) is 94.3 Å². The van der Waals surface area contributed by atoms with Crippen LogP contribution in [0.2, 0.25) is 5.02 Å². The second kappa shape index (κ2) is 11.9. The number of halogens is 2. The summed E-state index contributed by atoms with van der Waals surface area (Å²) in [5.74, 6) is 0.0410. The van der Waals surface area contributed by atoms with E-state index in [9.17, 15) is 14.0 Å². The predicted octanol–water partition coefficient (Wildman–Crippen LogP) is 4.16. The van der Waals surface area contributed by atoms with Crippen molar-refractivity contribution in [1.29, 1.82) is 0 Å². The van der Waals surface area contributed by atoms with Gasteiger partial charge in [0, 0.05) is 29.2 Å². The molecule has 0 aliphatic heterocycles. The Morgan fingerprint density at radius 3 is 2.39 bits per heavy atom. The van der Waals surface area contributed by atoms with E-state index in [1.165, 1.54) is 19.2 Å². The highest BCUT2D eigenvalue weighted by Crippen LogP contribution is 2.29. The number of hydrogen-bond donors (Lipinski definition) is 2. The number of benzene rings is 3. The van der Waals surface area contributed by atoms with Gasteiger partial charge in [-0.2, -0.15) is 0 Å². The van der Waals surface area contributed by atoms with Gasteiger partial charge >= 0.3 is 0 Å². The highest BCUT2D eigenvalue weighted by atomic mass is 35.5. The zero-order valence-electron chi connectivity index (χ0n) is 18.1. The van der Waals surface area contributed by atoms with E-state index >= 15 is 0 Å². The standard InChI is InChI=1S/C25H24ClFN2O4/c1-32-23-15-18(8-11-22(23)33-16-19-4-2-3-5-21(19)26)25(31)29-13-12-28-24(30)14-17-6-9-20(27)10-7-17/h2-11,15H,12-14,16H2,1H3,(H,28,30)(H,29,31). The molecule has 0 heterocycles. The Labute approximate surface area is 196 Å². The molecule has 0 fully saturated rings. The van der Waals surface area contributed by atoms with Gasteiger partial charge in [0.25, 0.3) is 5.91 Å². The largest absolute Gasteiger partial charge is 0.493 e. The first-order valence-corrected chi connectivity index (χ1v) is 10.7. The van der Waals surface area contributed by atoms with Crippen molar-refractivity contribution in [3.8, 4) is 11.5 Å². The van der Waals surface area contributed by atoms with Crippen LogP contribution in [0.15, 0.2) is 66.7 Å². The molecule has 0 saturated carbocycles. The van der Waals surface area contributed by atoms with Crippen molar-refractivity contribution in [1.82, 2.24) is 10.6 Å². The Kier molecular flexibility index (Phi) is 8.66. The lowest BCUT2D eigenvalue weighted by Gasteiger charge is -2.13. The molecule has 3 aromatic rings. The maximum absolute atomic E-state index is 12.9. The molecule has 0 spiro atoms. The van der Waals surface area contributed by atoms with Crippen molar-refractivity contribution in [3.63, 3.8) is 0 Å². The van der Waals surface area contributed by atoms with Gasteiger partial charge in [0.05, 0.1) is 13.5 Å². The first-order chi connectivity index (χ1) is 16.0. The van der Waals surface area contributed by atoms with Gasteiger partial charge in [-0.25, -0.2) is 4.39 Å². The van der Waals surface area contributed by atoms with E-state index in [0.29, 0.717) is 27.6 Å². The fourth-order valence-electron chi connectivity index (χ4n) is 3.03. The fourth-order valence-corrected chi connectivity index (χ4v) is 3.22. The smallest absolute Gasteiger partial charge is 0.251 e. The summed E-state index contributed by atoms with van der Waals surface area (Å²) in [5, 5.41) is 6.07. The van der Waals surface area contributed by atoms with E-state index < -0.39 is 0 Å². The molecule has 0 radical (unpaired) electrons. The van der Waals surface area contributed by atoms with Crippen molar-refractivity contribution >= 4 is 23.4 Å². The summed E-state index contributed by atoms with van der Waals surface area (Å²) in [5.41, 5.74) is 1.95. The Hall–Kier alpha value is -3.58. The molecule has 3 aromatic carbocycles. The molecule has 172 valence electrons. The molecule has 2 N–H and O–H groups in total. The first kappa shape index (κ1) is 24.1. The van der Waals surface area contributed by atoms with Crippen molar-refractivity contribution in [2.45, 2.75) is 13.0 Å². The molecule has 6 nitrogen and oxygen atoms in total. The molecule has 0 unspecified atom stereocenters. The number of ether oxygens (including phenoxy) is 2. The summed E-state index contributed by atoms with van der Waals surface area (Å²) in [6.45, 7) is 0.780. The minimum absolute atomic E-state index is 0.140. The van der Waals surface area contributed by atoms with Crippen LogP contribution in [0, 0.1) is 5.82 Å². The van der Waals surface area contributed by atoms with E-state index in [2.05, 4.69) is 10.6 Å². The number of carbonyl (C=O) groups is 2. The number of amides is 2. The van der Waals surface area contributed by atoms with E-state index in [4.69, 9.17) is 21.1 Å². The van der Waals surface area contributed by atoms with Crippen LogP contribution in [-0.4, -0.2) is 32.0 Å². The second-order valence-electron chi connectivity index (χ2n) is 7.15. The SMILES string of the molecule is COc1cc(C(=O)NCCNC(=O)Cc2ccc(F)cc2)ccc1OCc1ccccc1Cl. The maximum atomic E-state index is 12.9. The summed E-state index contributed by atoms with van der Waals surface area (Å²) in [4.78, 5) is 24.4. The quantitative estimate of drug-likeness (QED) is 0.436. The summed E-state index contributed by atoms with van der Waals surface area (Å²) in [6.07, 6.45) is 0.140. The normalized spacial score (nSPS) is 10.4. The molecule has 3 rings (SSSR count). The minimum atomic E-state index is -0.348. The Bertz CT molecular complexity index is 1110. The van der Waals surface area contributed by atoms with E-state index in [1.54, 1.807) is 36.4 Å². The number of nitrogens with one attached hydrogen (secondary N) is 2. The lowest BCUT2D eigenvalue weighted by molar-refractivity contribution is -0.120. The summed E-state index contributed by atoms with van der Waals surface area (Å²) in [6, 6.07) is 18.0. The third-order valence-electron chi connectivity index (χ3n) is 4.78. The lowest BCUT2D eigenvalue weighted by Crippen LogP contribution is -2.35. The highest BCUT2D eigenvalue weighted by Gasteiger charge is 2.12. The van der Waals surface area contributed by atoms with Crippen LogP contribution in [0.5, 0.6) is 11.5 Å². The molecule has 0 aromatic heterocycles. The maximum Gasteiger partial charge on any atom is 0.251 e. The number of hydrogen-bond acceptors (Lipinski definition) is 4. The van der Waals surface area contributed by atoms with Gasteiger partial charge in [-0.1, -0.05) is 41.9 Å². The van der Waals surface area contributed by atoms with Crippen molar-refractivity contribution in [2.75, 3.05) is 20.2 Å². The summed E-state index contributed by atoms with van der Waals surface area (Å²) in [7, 11) is 1.50. The molecule has 33 heavy (non-hydrogen) atoms. The van der Waals surface area contributed by atoms with Gasteiger partial charge in [-0.3, -0.25) is 9.59 Å². The van der Waals surface area contributed by atoms with E-state index in [-0.39, 0.29) is 43.7 Å². The van der Waals surface area contributed by atoms with Crippen LogP contribution in [0.1, 0.15) is 21.5 Å². The average molecular weight is 471 g/mol. The topological polar surface area (TPSA) is 76.7 Å². The van der Waals surface area contributed by atoms with Gasteiger partial charge in [0.2, 0.25) is 5.91 Å². The molecule has 2 amide bonds. The zero-order chi connectivity index (χ0) is 23.6. The number of rotatable bonds is 10. The Balaban J connectivity index is 1.46. The van der Waals surface area contributed by atoms with Gasteiger partial charge in [-0.05, 0) is 42.0 Å². The number of carbonyl (C=O) groups excluding carboxylic acids is 2. The van der Waals surface area contributed by atoms with Crippen LogP contribution in [0.25, 0.3) is 0 Å². The van der Waals surface area contributed by atoms with Crippen molar-refractivity contribution < 1.29 is 23.5 Å². The lowest BCUT2D eigenvalue weighted by atomic mass is 10.1. The fraction of sp³-hybridized carbons (Fsp3) is 0.200. The van der Waals surface area contributed by atoms with E-state index in [1.807, 2.05) is 18.2 Å². The molecular weight excluding hydrogens is 447 g/mol. The number of methoxy groups -OCH3 is 1. The van der Waals surface area contributed by atoms with Crippen LogP contribution in [0.4, 0.5) is 4.39 Å². The Morgan fingerprint density at radius 1 is 0.939 bits per heavy atom. The average Bonchev–Trinajstić information content (AvgIpc) is 2.82. The molecular formula is C25H24ClFN2O4. The monoisotopic (exact) mass is 470 g/mol. The first-order valence-electron chi connectivity index (χ1n) is 10.3. The van der Waals surface area contributed by atoms with Gasteiger partial charge < -0.3 is 20.1 Å². The molecule has 0 aliphatic rings. The minimum Gasteiger partial charge on any atom is -0.493 e. The molecule has 0 saturated heterocycles. The highest BCUT2D eigenvalue weighted by molar-refractivity contribution is 6.31. The van der Waals surface area contributed by atoms with Crippen LogP contribution < -0.4 is 20.1 Å². The summed E-state index contributed by atoms with van der Waals surface area (Å²) < 4.78 is 24.1. The second-order valence-corrected chi connectivity index (χ2v) is 7.56. The summed E-state index contributed by atoms with van der Waals surface area (Å²) >= 11 is 6.15. The van der Waals surface area contributed by atoms with Crippen molar-refractivity contribution in [2.24, 2.45) is 0 Å². The zero-order valence-corrected chi connectivity index (χ0v) is 18.8. The van der Waals surface area contributed by atoms with Crippen LogP contribution in [0.3, 0.4) is 0 Å². The van der Waals surface area contributed by atoms with Gasteiger partial charge in [-0.15, -0.1) is 0 Å². The predicted molar refractivity (Wildman–Crippen MR) is 124 cm³/mol. The molecule has 8 heteroatoms. The van der Waals surface area contributed by atoms with Crippen LogP contribution in [-0.2, 0) is 17.8 Å². The van der Waals surface area contributed by atoms with Gasteiger partial charge in [0.15, 0.2) is 11.5 Å².